The number of rotatable bonds is 8. The number of ether oxygens (including phenoxy) is 1. The second kappa shape index (κ2) is 8.10. The largest absolute Gasteiger partial charge is 0.487 e. The van der Waals surface area contributed by atoms with E-state index in [4.69, 9.17) is 10.00 Å². The second-order valence-corrected chi connectivity index (χ2v) is 4.92. The van der Waals surface area contributed by atoms with Crippen LogP contribution in [0.25, 0.3) is 0 Å². The van der Waals surface area contributed by atoms with E-state index in [2.05, 4.69) is 6.07 Å². The lowest BCUT2D eigenvalue weighted by Crippen LogP contribution is -2.32. The molecule has 0 atom stereocenters. The Hall–Kier alpha value is -2.29. The van der Waals surface area contributed by atoms with Gasteiger partial charge in [-0.1, -0.05) is 13.0 Å². The van der Waals surface area contributed by atoms with Crippen LogP contribution in [-0.2, 0) is 0 Å². The minimum atomic E-state index is -0.415. The molecule has 6 nitrogen and oxygen atoms in total. The molecule has 0 N–H and O–H groups in total. The lowest BCUT2D eigenvalue weighted by atomic mass is 10.2. The highest BCUT2D eigenvalue weighted by atomic mass is 16.6. The van der Waals surface area contributed by atoms with E-state index in [0.717, 1.165) is 6.42 Å². The highest BCUT2D eigenvalue weighted by Crippen LogP contribution is 2.38. The van der Waals surface area contributed by atoms with E-state index < -0.39 is 4.92 Å². The van der Waals surface area contributed by atoms with Gasteiger partial charge in [0.25, 0.3) is 0 Å². The molecule has 0 heterocycles. The first kappa shape index (κ1) is 16.8. The van der Waals surface area contributed by atoms with Gasteiger partial charge in [0.1, 0.15) is 5.69 Å². The minimum Gasteiger partial charge on any atom is -0.487 e. The van der Waals surface area contributed by atoms with Gasteiger partial charge in [-0.2, -0.15) is 5.26 Å². The van der Waals surface area contributed by atoms with Crippen LogP contribution in [0.15, 0.2) is 18.2 Å². The SMILES string of the molecule is CCCOc1cccc(N(CCC#N)C(C)C)c1[N+](=O)[O-]. The highest BCUT2D eigenvalue weighted by Gasteiger charge is 2.26. The van der Waals surface area contributed by atoms with E-state index in [1.807, 2.05) is 25.7 Å². The molecule has 0 spiro atoms. The van der Waals surface area contributed by atoms with Crippen LogP contribution >= 0.6 is 0 Å². The molecule has 1 aromatic rings. The zero-order valence-electron chi connectivity index (χ0n) is 12.7. The maximum absolute atomic E-state index is 11.4. The molecule has 21 heavy (non-hydrogen) atoms. The van der Waals surface area contributed by atoms with E-state index >= 15 is 0 Å². The van der Waals surface area contributed by atoms with Crippen LogP contribution < -0.4 is 9.64 Å². The van der Waals surface area contributed by atoms with Gasteiger partial charge in [-0.15, -0.1) is 0 Å². The average Bonchev–Trinajstić information content (AvgIpc) is 2.44. The predicted octanol–water partition coefficient (Wildman–Crippen LogP) is 3.51. The Morgan fingerprint density at radius 1 is 1.48 bits per heavy atom. The highest BCUT2D eigenvalue weighted by molar-refractivity contribution is 5.70. The van der Waals surface area contributed by atoms with Crippen LogP contribution in [0.4, 0.5) is 11.4 Å². The summed E-state index contributed by atoms with van der Waals surface area (Å²) in [6.45, 7) is 6.72. The molecule has 0 saturated carbocycles. The number of nitriles is 1. The molecular formula is C15H21N3O3. The normalized spacial score (nSPS) is 10.2. The van der Waals surface area contributed by atoms with E-state index in [1.165, 1.54) is 0 Å². The Labute approximate surface area is 125 Å². The zero-order chi connectivity index (χ0) is 15.8. The third-order valence-electron chi connectivity index (χ3n) is 3.02. The third-order valence-corrected chi connectivity index (χ3v) is 3.02. The van der Waals surface area contributed by atoms with E-state index in [-0.39, 0.29) is 17.5 Å². The lowest BCUT2D eigenvalue weighted by molar-refractivity contribution is -0.385. The van der Waals surface area contributed by atoms with Gasteiger partial charge >= 0.3 is 5.69 Å². The monoisotopic (exact) mass is 291 g/mol. The second-order valence-electron chi connectivity index (χ2n) is 4.92. The van der Waals surface area contributed by atoms with Crippen LogP contribution in [0.5, 0.6) is 5.75 Å². The number of hydrogen-bond acceptors (Lipinski definition) is 5. The number of hydrogen-bond donors (Lipinski definition) is 0. The number of anilines is 1. The summed E-state index contributed by atoms with van der Waals surface area (Å²) in [6.07, 6.45) is 1.10. The molecule has 6 heteroatoms. The number of nitrogens with zero attached hydrogens (tertiary/aromatic N) is 3. The van der Waals surface area contributed by atoms with E-state index in [9.17, 15) is 10.1 Å². The number of nitro groups is 1. The fourth-order valence-electron chi connectivity index (χ4n) is 2.08. The van der Waals surface area contributed by atoms with Crippen molar-refractivity contribution in [2.45, 2.75) is 39.7 Å². The summed E-state index contributed by atoms with van der Waals surface area (Å²) in [5.41, 5.74) is 0.469. The Kier molecular flexibility index (Phi) is 6.47. The lowest BCUT2D eigenvalue weighted by Gasteiger charge is -2.28. The van der Waals surface area contributed by atoms with Gasteiger partial charge in [0.05, 0.1) is 24.0 Å². The van der Waals surface area contributed by atoms with Crippen molar-refractivity contribution in [3.8, 4) is 11.8 Å². The Morgan fingerprint density at radius 2 is 2.19 bits per heavy atom. The summed E-state index contributed by atoms with van der Waals surface area (Å²) in [5.74, 6) is 0.280. The van der Waals surface area contributed by atoms with Gasteiger partial charge in [-0.05, 0) is 32.4 Å². The molecule has 0 bridgehead atoms. The fraction of sp³-hybridized carbons (Fsp3) is 0.533. The van der Waals surface area contributed by atoms with Crippen molar-refractivity contribution in [2.75, 3.05) is 18.1 Å². The molecule has 1 aromatic carbocycles. The minimum absolute atomic E-state index is 0.0300. The zero-order valence-corrected chi connectivity index (χ0v) is 12.7. The average molecular weight is 291 g/mol. The van der Waals surface area contributed by atoms with Crippen molar-refractivity contribution in [3.05, 3.63) is 28.3 Å². The smallest absolute Gasteiger partial charge is 0.333 e. The van der Waals surface area contributed by atoms with E-state index in [0.29, 0.717) is 25.3 Å². The Morgan fingerprint density at radius 3 is 2.71 bits per heavy atom. The molecular weight excluding hydrogens is 270 g/mol. The summed E-state index contributed by atoms with van der Waals surface area (Å²) in [4.78, 5) is 12.9. The maximum atomic E-state index is 11.4. The first-order valence-electron chi connectivity index (χ1n) is 7.06. The van der Waals surface area contributed by atoms with Crippen molar-refractivity contribution in [3.63, 3.8) is 0 Å². The van der Waals surface area contributed by atoms with Crippen LogP contribution in [0.2, 0.25) is 0 Å². The summed E-state index contributed by atoms with van der Waals surface area (Å²) in [6, 6.07) is 7.19. The van der Waals surface area contributed by atoms with Crippen molar-refractivity contribution in [1.29, 1.82) is 5.26 Å². The molecule has 0 amide bonds. The molecule has 0 radical (unpaired) electrons. The fourth-order valence-corrected chi connectivity index (χ4v) is 2.08. The van der Waals surface area contributed by atoms with Gasteiger partial charge in [-0.25, -0.2) is 0 Å². The van der Waals surface area contributed by atoms with Crippen molar-refractivity contribution < 1.29 is 9.66 Å². The van der Waals surface area contributed by atoms with Crippen molar-refractivity contribution in [1.82, 2.24) is 0 Å². The summed E-state index contributed by atoms with van der Waals surface area (Å²) >= 11 is 0. The molecule has 0 fully saturated rings. The summed E-state index contributed by atoms with van der Waals surface area (Å²) < 4.78 is 5.49. The number of para-hydroxylation sites is 1. The first-order valence-corrected chi connectivity index (χ1v) is 7.06. The standard InChI is InChI=1S/C15H21N3O3/c1-4-11-21-14-8-5-7-13(15(14)18(19)20)17(12(2)3)10-6-9-16/h5,7-8,12H,4,6,10-11H2,1-3H3. The molecule has 0 aliphatic rings. The van der Waals surface area contributed by atoms with Crippen LogP contribution in [0.1, 0.15) is 33.6 Å². The molecule has 0 unspecified atom stereocenters. The van der Waals surface area contributed by atoms with Crippen LogP contribution in [0, 0.1) is 21.4 Å². The van der Waals surface area contributed by atoms with Crippen LogP contribution in [-0.4, -0.2) is 24.1 Å². The molecule has 0 saturated heterocycles. The Bertz CT molecular complexity index is 523. The van der Waals surface area contributed by atoms with E-state index in [1.54, 1.807) is 18.2 Å². The molecule has 114 valence electrons. The van der Waals surface area contributed by atoms with Gasteiger partial charge in [0.2, 0.25) is 0 Å². The third kappa shape index (κ3) is 4.35. The predicted molar refractivity (Wildman–Crippen MR) is 81.6 cm³/mol. The first-order chi connectivity index (χ1) is 10.0. The van der Waals surface area contributed by atoms with Crippen LogP contribution in [0.3, 0.4) is 0 Å². The summed E-state index contributed by atoms with van der Waals surface area (Å²) in [5, 5.41) is 20.2. The van der Waals surface area contributed by atoms with Gasteiger partial charge in [-0.3, -0.25) is 10.1 Å². The number of benzene rings is 1. The Balaban J connectivity index is 3.25. The quantitative estimate of drug-likeness (QED) is 0.541. The van der Waals surface area contributed by atoms with Crippen molar-refractivity contribution in [2.24, 2.45) is 0 Å². The maximum Gasteiger partial charge on any atom is 0.333 e. The summed E-state index contributed by atoms with van der Waals surface area (Å²) in [7, 11) is 0. The molecule has 0 aliphatic heterocycles. The molecule has 0 aromatic heterocycles. The molecule has 0 aliphatic carbocycles. The number of nitro benzene ring substituents is 1. The van der Waals surface area contributed by atoms with Gasteiger partial charge in [0, 0.05) is 12.6 Å². The van der Waals surface area contributed by atoms with Gasteiger partial charge in [0.15, 0.2) is 5.75 Å². The topological polar surface area (TPSA) is 79.4 Å². The van der Waals surface area contributed by atoms with Gasteiger partial charge < -0.3 is 9.64 Å². The molecule has 1 rings (SSSR count). The van der Waals surface area contributed by atoms with Crippen molar-refractivity contribution >= 4 is 11.4 Å².